The van der Waals surface area contributed by atoms with E-state index < -0.39 is 7.82 Å². The lowest BCUT2D eigenvalue weighted by Gasteiger charge is -1.98. The van der Waals surface area contributed by atoms with Gasteiger partial charge in [-0.15, -0.1) is 0 Å². The van der Waals surface area contributed by atoms with Gasteiger partial charge in [-0.3, -0.25) is 4.68 Å². The fourth-order valence-electron chi connectivity index (χ4n) is 1.88. The molecule has 0 atom stereocenters. The maximum Gasteiger partial charge on any atom is 0.466 e. The van der Waals surface area contributed by atoms with E-state index in [0.29, 0.717) is 13.0 Å². The van der Waals surface area contributed by atoms with Gasteiger partial charge < -0.3 is 19.7 Å². The number of aromatic nitrogens is 5. The van der Waals surface area contributed by atoms with E-state index in [2.05, 4.69) is 26.1 Å². The molecule has 120 valence electrons. The molecule has 11 heteroatoms. The second-order valence-electron chi connectivity index (χ2n) is 4.38. The first-order chi connectivity index (χ1) is 10.9. The second kappa shape index (κ2) is 7.13. The van der Waals surface area contributed by atoms with E-state index in [0.717, 1.165) is 22.3 Å². The zero-order chi connectivity index (χ0) is 16.9. The molecule has 0 radical (unpaired) electrons. The molecule has 23 heavy (non-hydrogen) atoms. The van der Waals surface area contributed by atoms with Gasteiger partial charge in [-0.1, -0.05) is 0 Å². The average molecular weight is 336 g/mol. The molecule has 3 aromatic rings. The molecule has 10 nitrogen and oxygen atoms in total. The molecule has 0 aliphatic rings. The van der Waals surface area contributed by atoms with E-state index in [4.69, 9.17) is 24.5 Å². The molecule has 3 rings (SSSR count). The molecular formula is C12H13N6O4P. The van der Waals surface area contributed by atoms with Gasteiger partial charge in [0.1, 0.15) is 12.0 Å². The fraction of sp³-hybridized carbons (Fsp3) is 0.167. The Morgan fingerprint density at radius 3 is 2.78 bits per heavy atom. The summed E-state index contributed by atoms with van der Waals surface area (Å²) < 4.78 is 10.6. The normalized spacial score (nSPS) is 10.9. The molecule has 0 bridgehead atoms. The minimum absolute atomic E-state index is 0.449. The van der Waals surface area contributed by atoms with E-state index in [1.807, 2.05) is 18.5 Å². The number of nitrogens with one attached hydrogen (secondary N) is 1. The molecule has 0 aromatic carbocycles. The SMILES string of the molecule is N#CCCn1cc(-c2ncnc3[nH]ccc23)cn1.O=P(O)(O)O. The molecule has 3 heterocycles. The van der Waals surface area contributed by atoms with E-state index in [-0.39, 0.29) is 0 Å². The lowest BCUT2D eigenvalue weighted by atomic mass is 10.2. The number of fused-ring (bicyclic) bond motifs is 1. The summed E-state index contributed by atoms with van der Waals surface area (Å²) >= 11 is 0. The van der Waals surface area contributed by atoms with Crippen molar-refractivity contribution < 1.29 is 19.2 Å². The highest BCUT2D eigenvalue weighted by atomic mass is 31.2. The van der Waals surface area contributed by atoms with Crippen molar-refractivity contribution in [2.24, 2.45) is 0 Å². The van der Waals surface area contributed by atoms with Gasteiger partial charge >= 0.3 is 7.82 Å². The van der Waals surface area contributed by atoms with Gasteiger partial charge in [0.15, 0.2) is 0 Å². The van der Waals surface area contributed by atoms with Crippen LogP contribution in [0.3, 0.4) is 0 Å². The summed E-state index contributed by atoms with van der Waals surface area (Å²) in [5, 5.41) is 13.7. The Kier molecular flexibility index (Phi) is 5.20. The van der Waals surface area contributed by atoms with Crippen LogP contribution in [0.5, 0.6) is 0 Å². The first kappa shape index (κ1) is 16.8. The van der Waals surface area contributed by atoms with Gasteiger partial charge in [-0.2, -0.15) is 10.4 Å². The van der Waals surface area contributed by atoms with Crippen molar-refractivity contribution in [3.05, 3.63) is 31.0 Å². The lowest BCUT2D eigenvalue weighted by molar-refractivity contribution is 0.275. The van der Waals surface area contributed by atoms with Gasteiger partial charge in [-0.05, 0) is 6.07 Å². The Bertz CT molecular complexity index is 869. The van der Waals surface area contributed by atoms with Crippen LogP contribution in [0.2, 0.25) is 0 Å². The van der Waals surface area contributed by atoms with Crippen LogP contribution in [0.4, 0.5) is 0 Å². The number of aryl methyl sites for hydroxylation is 1. The summed E-state index contributed by atoms with van der Waals surface area (Å²) in [5.41, 5.74) is 2.59. The number of phosphoric acid groups is 1. The van der Waals surface area contributed by atoms with Gasteiger partial charge in [0.25, 0.3) is 0 Å². The van der Waals surface area contributed by atoms with Crippen LogP contribution < -0.4 is 0 Å². The number of rotatable bonds is 3. The molecule has 0 fully saturated rings. The quantitative estimate of drug-likeness (QED) is 0.511. The maximum atomic E-state index is 8.88. The van der Waals surface area contributed by atoms with Gasteiger partial charge in [0.05, 0.1) is 30.9 Å². The predicted molar refractivity (Wildman–Crippen MR) is 79.6 cm³/mol. The summed E-state index contributed by atoms with van der Waals surface area (Å²) in [6.07, 6.45) is 7.46. The van der Waals surface area contributed by atoms with E-state index in [1.54, 1.807) is 10.9 Å². The smallest absolute Gasteiger partial charge is 0.346 e. The summed E-state index contributed by atoms with van der Waals surface area (Å²) in [6.45, 7) is 0.595. The number of hydrogen-bond donors (Lipinski definition) is 4. The third-order valence-electron chi connectivity index (χ3n) is 2.71. The van der Waals surface area contributed by atoms with Crippen molar-refractivity contribution in [1.29, 1.82) is 5.26 Å². The molecule has 0 unspecified atom stereocenters. The van der Waals surface area contributed by atoms with Crippen LogP contribution in [-0.2, 0) is 11.1 Å². The molecular weight excluding hydrogens is 323 g/mol. The highest BCUT2D eigenvalue weighted by Crippen LogP contribution is 2.26. The Morgan fingerprint density at radius 1 is 1.35 bits per heavy atom. The molecule has 0 spiro atoms. The van der Waals surface area contributed by atoms with E-state index >= 15 is 0 Å². The lowest BCUT2D eigenvalue weighted by Crippen LogP contribution is -1.96. The van der Waals surface area contributed by atoms with Crippen LogP contribution in [0.15, 0.2) is 31.0 Å². The largest absolute Gasteiger partial charge is 0.466 e. The summed E-state index contributed by atoms with van der Waals surface area (Å²) in [4.78, 5) is 33.1. The van der Waals surface area contributed by atoms with Crippen LogP contribution in [0.1, 0.15) is 6.42 Å². The Morgan fingerprint density at radius 2 is 2.09 bits per heavy atom. The van der Waals surface area contributed by atoms with E-state index in [9.17, 15) is 0 Å². The monoisotopic (exact) mass is 336 g/mol. The van der Waals surface area contributed by atoms with Crippen LogP contribution in [0, 0.1) is 11.3 Å². The van der Waals surface area contributed by atoms with Crippen molar-refractivity contribution in [2.45, 2.75) is 13.0 Å². The molecule has 4 N–H and O–H groups in total. The van der Waals surface area contributed by atoms with Crippen molar-refractivity contribution in [3.8, 4) is 17.3 Å². The Hall–Kier alpha value is -2.57. The second-order valence-corrected chi connectivity index (χ2v) is 5.40. The van der Waals surface area contributed by atoms with Crippen LogP contribution in [-0.4, -0.2) is 39.4 Å². The number of H-pyrrole nitrogens is 1. The topological polar surface area (TPSA) is 161 Å². The van der Waals surface area contributed by atoms with Crippen molar-refractivity contribution in [1.82, 2.24) is 24.7 Å². The van der Waals surface area contributed by atoms with Crippen molar-refractivity contribution in [2.75, 3.05) is 0 Å². The highest BCUT2D eigenvalue weighted by Gasteiger charge is 2.09. The maximum absolute atomic E-state index is 8.88. The van der Waals surface area contributed by atoms with Gasteiger partial charge in [0.2, 0.25) is 0 Å². The Labute approximate surface area is 130 Å². The Balaban J connectivity index is 0.000000338. The summed E-state index contributed by atoms with van der Waals surface area (Å²) in [5.74, 6) is 0. The average Bonchev–Trinajstić information content (AvgIpc) is 3.11. The molecule has 0 aliphatic carbocycles. The summed E-state index contributed by atoms with van der Waals surface area (Å²) in [6, 6.07) is 4.04. The van der Waals surface area contributed by atoms with Gasteiger partial charge in [-0.25, -0.2) is 14.5 Å². The molecule has 3 aromatic heterocycles. The number of nitrogens with zero attached hydrogens (tertiary/aromatic N) is 5. The highest BCUT2D eigenvalue weighted by molar-refractivity contribution is 7.45. The van der Waals surface area contributed by atoms with E-state index in [1.165, 1.54) is 6.33 Å². The minimum atomic E-state index is -4.64. The minimum Gasteiger partial charge on any atom is -0.346 e. The van der Waals surface area contributed by atoms with Gasteiger partial charge in [0, 0.05) is 23.3 Å². The standard InChI is InChI=1S/C12H10N6.H3O4P/c13-3-1-5-18-7-9(6-17-18)11-10-2-4-14-12(10)16-8-15-11;1-5(2,3)4/h2,4,6-8H,1,5H2,(H,14,15,16);(H3,1,2,3,4). The number of nitriles is 1. The first-order valence-corrected chi connectivity index (χ1v) is 7.91. The molecule has 0 aliphatic heterocycles. The molecule has 0 amide bonds. The zero-order valence-corrected chi connectivity index (χ0v) is 12.6. The number of aromatic amines is 1. The third kappa shape index (κ3) is 4.98. The number of hydrogen-bond acceptors (Lipinski definition) is 5. The van der Waals surface area contributed by atoms with Crippen molar-refractivity contribution in [3.63, 3.8) is 0 Å². The first-order valence-electron chi connectivity index (χ1n) is 6.34. The fourth-order valence-corrected chi connectivity index (χ4v) is 1.88. The molecule has 0 saturated heterocycles. The zero-order valence-electron chi connectivity index (χ0n) is 11.7. The predicted octanol–water partition coefficient (Wildman–Crippen LogP) is 0.806. The van der Waals surface area contributed by atoms with Crippen LogP contribution in [0.25, 0.3) is 22.3 Å². The van der Waals surface area contributed by atoms with Crippen molar-refractivity contribution >= 4 is 18.9 Å². The third-order valence-corrected chi connectivity index (χ3v) is 2.71. The summed E-state index contributed by atoms with van der Waals surface area (Å²) in [7, 11) is -4.64. The van der Waals surface area contributed by atoms with Crippen LogP contribution >= 0.6 is 7.82 Å². The molecule has 0 saturated carbocycles.